The van der Waals surface area contributed by atoms with Gasteiger partial charge >= 0.3 is 0 Å². The Kier molecular flexibility index (Phi) is 3.54. The molecule has 0 bridgehead atoms. The van der Waals surface area contributed by atoms with E-state index in [9.17, 15) is 9.18 Å². The number of hydrogen-bond acceptors (Lipinski definition) is 3. The van der Waals surface area contributed by atoms with E-state index in [4.69, 9.17) is 0 Å². The molecular formula is C11H8BrFN2OS. The lowest BCUT2D eigenvalue weighted by atomic mass is 10.2. The van der Waals surface area contributed by atoms with Gasteiger partial charge in [0.05, 0.1) is 9.98 Å². The van der Waals surface area contributed by atoms with Crippen molar-refractivity contribution >= 4 is 38.9 Å². The summed E-state index contributed by atoms with van der Waals surface area (Å²) in [5, 5.41) is 4.26. The number of thiazole rings is 1. The summed E-state index contributed by atoms with van der Waals surface area (Å²) in [4.78, 5) is 15.6. The van der Waals surface area contributed by atoms with Crippen LogP contribution in [0.2, 0.25) is 0 Å². The maximum absolute atomic E-state index is 13.3. The fraction of sp³-hybridized carbons (Fsp3) is 0.0909. The van der Waals surface area contributed by atoms with Crippen LogP contribution in [0.4, 0.5) is 10.1 Å². The number of carbonyl (C=O) groups excluding carboxylic acids is 1. The van der Waals surface area contributed by atoms with Crippen LogP contribution in [0.5, 0.6) is 0 Å². The van der Waals surface area contributed by atoms with E-state index < -0.39 is 5.82 Å². The Hall–Kier alpha value is -1.27. The lowest BCUT2D eigenvalue weighted by Gasteiger charge is -2.08. The van der Waals surface area contributed by atoms with Crippen LogP contribution in [-0.4, -0.2) is 10.9 Å². The predicted octanol–water partition coefficient (Wildman–Crippen LogP) is 3.61. The van der Waals surface area contributed by atoms with Crippen molar-refractivity contribution in [1.29, 1.82) is 0 Å². The van der Waals surface area contributed by atoms with Gasteiger partial charge in [-0.25, -0.2) is 9.37 Å². The van der Waals surface area contributed by atoms with Crippen LogP contribution >= 0.6 is 27.3 Å². The number of rotatable bonds is 2. The van der Waals surface area contributed by atoms with Gasteiger partial charge in [-0.05, 0) is 40.5 Å². The minimum atomic E-state index is -0.413. The van der Waals surface area contributed by atoms with Crippen molar-refractivity contribution in [2.75, 3.05) is 5.32 Å². The third kappa shape index (κ3) is 2.70. The Morgan fingerprint density at radius 2 is 2.29 bits per heavy atom. The van der Waals surface area contributed by atoms with Gasteiger partial charge in [0.15, 0.2) is 0 Å². The summed E-state index contributed by atoms with van der Waals surface area (Å²) in [7, 11) is 0. The van der Waals surface area contributed by atoms with E-state index in [-0.39, 0.29) is 5.91 Å². The molecule has 1 N–H and O–H groups in total. The highest BCUT2D eigenvalue weighted by Gasteiger charge is 2.11. The summed E-state index contributed by atoms with van der Waals surface area (Å²) in [5.41, 5.74) is 3.13. The van der Waals surface area contributed by atoms with Gasteiger partial charge in [0, 0.05) is 11.1 Å². The van der Waals surface area contributed by atoms with E-state index in [1.807, 2.05) is 0 Å². The smallest absolute Gasteiger partial charge is 0.275 e. The van der Waals surface area contributed by atoms with Crippen LogP contribution in [-0.2, 0) is 0 Å². The monoisotopic (exact) mass is 314 g/mol. The second-order valence-electron chi connectivity index (χ2n) is 3.41. The second kappa shape index (κ2) is 4.93. The van der Waals surface area contributed by atoms with Crippen molar-refractivity contribution < 1.29 is 9.18 Å². The third-order valence-corrected chi connectivity index (χ3v) is 3.37. The normalized spacial score (nSPS) is 10.3. The van der Waals surface area contributed by atoms with Crippen LogP contribution in [0.3, 0.4) is 0 Å². The first-order valence-electron chi connectivity index (χ1n) is 4.73. The number of aromatic nitrogens is 1. The average Bonchev–Trinajstić information content (AvgIpc) is 2.79. The van der Waals surface area contributed by atoms with Gasteiger partial charge < -0.3 is 5.32 Å². The molecule has 6 heteroatoms. The SMILES string of the molecule is Cc1cc(Br)c(F)cc1NC(=O)c1cscn1. The third-order valence-electron chi connectivity index (χ3n) is 2.18. The van der Waals surface area contributed by atoms with Gasteiger partial charge in [-0.3, -0.25) is 4.79 Å². The molecule has 2 rings (SSSR count). The Morgan fingerprint density at radius 3 is 2.94 bits per heavy atom. The van der Waals surface area contributed by atoms with Gasteiger partial charge in [-0.1, -0.05) is 0 Å². The van der Waals surface area contributed by atoms with E-state index in [1.165, 1.54) is 17.4 Å². The number of carbonyl (C=O) groups is 1. The van der Waals surface area contributed by atoms with E-state index in [0.717, 1.165) is 5.56 Å². The summed E-state index contributed by atoms with van der Waals surface area (Å²) < 4.78 is 13.7. The zero-order chi connectivity index (χ0) is 12.4. The first-order chi connectivity index (χ1) is 8.08. The Labute approximate surface area is 110 Å². The van der Waals surface area contributed by atoms with E-state index in [0.29, 0.717) is 15.9 Å². The van der Waals surface area contributed by atoms with Gasteiger partial charge in [0.25, 0.3) is 5.91 Å². The molecule has 1 amide bonds. The molecule has 0 saturated carbocycles. The highest BCUT2D eigenvalue weighted by molar-refractivity contribution is 9.10. The largest absolute Gasteiger partial charge is 0.320 e. The molecule has 88 valence electrons. The molecule has 0 aliphatic carbocycles. The molecule has 0 spiro atoms. The number of nitrogens with one attached hydrogen (secondary N) is 1. The Balaban J connectivity index is 2.25. The molecule has 17 heavy (non-hydrogen) atoms. The van der Waals surface area contributed by atoms with Gasteiger partial charge in [-0.15, -0.1) is 11.3 Å². The van der Waals surface area contributed by atoms with Crippen LogP contribution in [0.25, 0.3) is 0 Å². The molecule has 3 nitrogen and oxygen atoms in total. The summed E-state index contributed by atoms with van der Waals surface area (Å²) in [6, 6.07) is 2.90. The minimum absolute atomic E-state index is 0.331. The summed E-state index contributed by atoms with van der Waals surface area (Å²) in [5.74, 6) is -0.750. The van der Waals surface area contributed by atoms with Crippen molar-refractivity contribution in [1.82, 2.24) is 4.98 Å². The van der Waals surface area contributed by atoms with Crippen molar-refractivity contribution in [2.45, 2.75) is 6.92 Å². The molecule has 0 aliphatic rings. The highest BCUT2D eigenvalue weighted by atomic mass is 79.9. The standard InChI is InChI=1S/C11H8BrFN2OS/c1-6-2-7(12)8(13)3-9(6)15-11(16)10-4-17-5-14-10/h2-5H,1H3,(H,15,16). The highest BCUT2D eigenvalue weighted by Crippen LogP contribution is 2.24. The molecule has 1 aromatic heterocycles. The van der Waals surface area contributed by atoms with E-state index in [2.05, 4.69) is 26.2 Å². The average molecular weight is 315 g/mol. The van der Waals surface area contributed by atoms with Crippen molar-refractivity contribution in [3.63, 3.8) is 0 Å². The fourth-order valence-electron chi connectivity index (χ4n) is 1.29. The molecule has 1 aromatic carbocycles. The molecular weight excluding hydrogens is 307 g/mol. The first-order valence-corrected chi connectivity index (χ1v) is 6.46. The Morgan fingerprint density at radius 1 is 1.53 bits per heavy atom. The molecule has 0 radical (unpaired) electrons. The zero-order valence-electron chi connectivity index (χ0n) is 8.83. The number of amides is 1. The molecule has 0 aliphatic heterocycles. The summed E-state index contributed by atoms with van der Waals surface area (Å²) in [6.07, 6.45) is 0. The number of benzene rings is 1. The van der Waals surface area contributed by atoms with Crippen LogP contribution in [0, 0.1) is 12.7 Å². The lowest BCUT2D eigenvalue weighted by Crippen LogP contribution is -2.13. The van der Waals surface area contributed by atoms with Gasteiger partial charge in [0.2, 0.25) is 0 Å². The fourth-order valence-corrected chi connectivity index (χ4v) is 2.28. The molecule has 0 saturated heterocycles. The molecule has 2 aromatic rings. The Bertz CT molecular complexity index is 557. The second-order valence-corrected chi connectivity index (χ2v) is 4.98. The number of anilines is 1. The first kappa shape index (κ1) is 12.2. The van der Waals surface area contributed by atoms with Crippen molar-refractivity contribution in [3.8, 4) is 0 Å². The van der Waals surface area contributed by atoms with Crippen molar-refractivity contribution in [2.24, 2.45) is 0 Å². The van der Waals surface area contributed by atoms with E-state index >= 15 is 0 Å². The molecule has 1 heterocycles. The number of nitrogens with zero attached hydrogens (tertiary/aromatic N) is 1. The molecule has 0 unspecified atom stereocenters. The maximum Gasteiger partial charge on any atom is 0.275 e. The maximum atomic E-state index is 13.3. The van der Waals surface area contributed by atoms with Crippen molar-refractivity contribution in [3.05, 3.63) is 44.6 Å². The summed E-state index contributed by atoms with van der Waals surface area (Å²) in [6.45, 7) is 1.79. The van der Waals surface area contributed by atoms with Gasteiger partial charge in [-0.2, -0.15) is 0 Å². The van der Waals surface area contributed by atoms with Crippen LogP contribution < -0.4 is 5.32 Å². The minimum Gasteiger partial charge on any atom is -0.320 e. The molecule has 0 atom stereocenters. The molecule has 0 fully saturated rings. The van der Waals surface area contributed by atoms with Gasteiger partial charge in [0.1, 0.15) is 11.5 Å². The number of aryl methyl sites for hydroxylation is 1. The summed E-state index contributed by atoms with van der Waals surface area (Å²) >= 11 is 4.42. The van der Waals surface area contributed by atoms with Crippen LogP contribution in [0.15, 0.2) is 27.5 Å². The number of halogens is 2. The lowest BCUT2D eigenvalue weighted by molar-refractivity contribution is 0.102. The number of hydrogen-bond donors (Lipinski definition) is 1. The predicted molar refractivity (Wildman–Crippen MR) is 68.9 cm³/mol. The topological polar surface area (TPSA) is 42.0 Å². The zero-order valence-corrected chi connectivity index (χ0v) is 11.2. The quantitative estimate of drug-likeness (QED) is 0.920. The van der Waals surface area contributed by atoms with Crippen LogP contribution in [0.1, 0.15) is 16.1 Å². The van der Waals surface area contributed by atoms with E-state index in [1.54, 1.807) is 23.9 Å².